The Balaban J connectivity index is 0.000000259. The van der Waals surface area contributed by atoms with Crippen LogP contribution in [-0.2, 0) is 4.74 Å². The van der Waals surface area contributed by atoms with Crippen LogP contribution >= 0.6 is 35.1 Å². The van der Waals surface area contributed by atoms with Gasteiger partial charge in [-0.15, -0.1) is 35.1 Å². The number of carboxylic acid groups (broad SMARTS) is 1. The molecule has 4 rings (SSSR count). The molecule has 0 amide bonds. The molecule has 0 bridgehead atoms. The fraction of sp³-hybridized carbons (Fsp3) is 0.333. The zero-order chi connectivity index (χ0) is 26.6. The number of aromatic carboxylic acids is 1. The minimum Gasteiger partial charge on any atom is -0.491 e. The van der Waals surface area contributed by atoms with Gasteiger partial charge < -0.3 is 28.8 Å². The van der Waals surface area contributed by atoms with Crippen molar-refractivity contribution in [1.82, 2.24) is 9.97 Å². The number of esters is 1. The number of thiophene rings is 2. The van der Waals surface area contributed by atoms with Crippen LogP contribution in [0, 0.1) is 0 Å². The SMILES string of the molecule is COc1cc2sc(C(=O)O)cc2nc1OC.COc1cc2sc(C(=O)OC(C)(C)C)cc2nc1OC.Cl. The van der Waals surface area contributed by atoms with Gasteiger partial charge in [0, 0.05) is 12.1 Å². The molecule has 13 heteroatoms. The molecule has 0 radical (unpaired) electrons. The predicted molar refractivity (Wildman–Crippen MR) is 145 cm³/mol. The van der Waals surface area contributed by atoms with Gasteiger partial charge in [-0.25, -0.2) is 19.6 Å². The van der Waals surface area contributed by atoms with Gasteiger partial charge in [0.1, 0.15) is 15.4 Å². The highest BCUT2D eigenvalue weighted by Gasteiger charge is 2.21. The summed E-state index contributed by atoms with van der Waals surface area (Å²) in [5.74, 6) is 0.476. The molecular formula is C24H27ClN2O8S2. The second-order valence-corrected chi connectivity index (χ2v) is 10.4. The summed E-state index contributed by atoms with van der Waals surface area (Å²) in [6.45, 7) is 5.51. The molecule has 1 N–H and O–H groups in total. The lowest BCUT2D eigenvalue weighted by molar-refractivity contribution is 0.00750. The van der Waals surface area contributed by atoms with E-state index in [1.165, 1.54) is 38.7 Å². The zero-order valence-electron chi connectivity index (χ0n) is 21.2. The van der Waals surface area contributed by atoms with Crippen molar-refractivity contribution in [1.29, 1.82) is 0 Å². The van der Waals surface area contributed by atoms with Crippen molar-refractivity contribution in [3.8, 4) is 23.3 Å². The van der Waals surface area contributed by atoms with Gasteiger partial charge >= 0.3 is 11.9 Å². The van der Waals surface area contributed by atoms with Crippen LogP contribution in [0.25, 0.3) is 20.4 Å². The fourth-order valence-electron chi connectivity index (χ4n) is 2.98. The third-order valence-corrected chi connectivity index (χ3v) is 6.62. The molecule has 0 saturated carbocycles. The number of carboxylic acids is 1. The molecule has 0 spiro atoms. The van der Waals surface area contributed by atoms with Gasteiger partial charge in [0.2, 0.25) is 0 Å². The van der Waals surface area contributed by atoms with Crippen LogP contribution in [0.2, 0.25) is 0 Å². The second kappa shape index (κ2) is 12.3. The number of aromatic nitrogens is 2. The number of carbonyl (C=O) groups is 2. The Morgan fingerprint density at radius 1 is 0.757 bits per heavy atom. The standard InChI is InChI=1S/C14H17NO4S.C10H9NO4S.ClH/c1-14(2,3)19-13(16)11-6-8-10(20-11)7-9(17-4)12(15-8)18-5;1-14-6-4-7-5(11-9(6)15-2)3-8(16-7)10(12)13;/h6-7H,1-5H3;3-4H,1-2H3,(H,12,13);1H. The highest BCUT2D eigenvalue weighted by molar-refractivity contribution is 7.21. The molecular weight excluding hydrogens is 544 g/mol. The lowest BCUT2D eigenvalue weighted by atomic mass is 10.2. The summed E-state index contributed by atoms with van der Waals surface area (Å²) in [5, 5.41) is 8.86. The number of fused-ring (bicyclic) bond motifs is 2. The zero-order valence-corrected chi connectivity index (χ0v) is 23.7. The van der Waals surface area contributed by atoms with E-state index in [4.69, 9.17) is 28.8 Å². The number of hydrogen-bond donors (Lipinski definition) is 1. The van der Waals surface area contributed by atoms with Crippen molar-refractivity contribution in [2.45, 2.75) is 26.4 Å². The first kappa shape index (κ1) is 29.9. The largest absolute Gasteiger partial charge is 0.491 e. The lowest BCUT2D eigenvalue weighted by Crippen LogP contribution is -2.23. The van der Waals surface area contributed by atoms with Gasteiger partial charge in [0.25, 0.3) is 11.8 Å². The number of halogens is 1. The number of nitrogens with zero attached hydrogens (tertiary/aromatic N) is 2. The molecule has 4 aromatic rings. The molecule has 0 unspecified atom stereocenters. The molecule has 0 atom stereocenters. The van der Waals surface area contributed by atoms with Crippen LogP contribution in [0.1, 0.15) is 40.1 Å². The van der Waals surface area contributed by atoms with Gasteiger partial charge in [0.05, 0.1) is 48.9 Å². The van der Waals surface area contributed by atoms with Gasteiger partial charge in [-0.3, -0.25) is 0 Å². The van der Waals surface area contributed by atoms with Gasteiger partial charge in [-0.2, -0.15) is 0 Å². The average molecular weight is 571 g/mol. The normalized spacial score (nSPS) is 10.7. The Morgan fingerprint density at radius 3 is 1.57 bits per heavy atom. The van der Waals surface area contributed by atoms with Crippen LogP contribution in [0.5, 0.6) is 23.3 Å². The van der Waals surface area contributed by atoms with Crippen molar-refractivity contribution in [3.05, 3.63) is 34.0 Å². The molecule has 0 aromatic carbocycles. The fourth-order valence-corrected chi connectivity index (χ4v) is 4.76. The lowest BCUT2D eigenvalue weighted by Gasteiger charge is -2.18. The molecule has 4 heterocycles. The second-order valence-electron chi connectivity index (χ2n) is 8.19. The van der Waals surface area contributed by atoms with Crippen LogP contribution in [0.4, 0.5) is 0 Å². The number of methoxy groups -OCH3 is 4. The number of pyridine rings is 2. The van der Waals surface area contributed by atoms with Crippen molar-refractivity contribution in [2.75, 3.05) is 28.4 Å². The summed E-state index contributed by atoms with van der Waals surface area (Å²) in [6.07, 6.45) is 0. The first-order chi connectivity index (χ1) is 17.0. The summed E-state index contributed by atoms with van der Waals surface area (Å²) in [7, 11) is 6.07. The number of rotatable bonds is 6. The minimum absolute atomic E-state index is 0. The topological polar surface area (TPSA) is 126 Å². The van der Waals surface area contributed by atoms with E-state index in [0.29, 0.717) is 39.2 Å². The van der Waals surface area contributed by atoms with Crippen molar-refractivity contribution < 1.29 is 38.4 Å². The monoisotopic (exact) mass is 570 g/mol. The van der Waals surface area contributed by atoms with Gasteiger partial charge in [-0.1, -0.05) is 0 Å². The van der Waals surface area contributed by atoms with E-state index in [-0.39, 0.29) is 23.3 Å². The van der Waals surface area contributed by atoms with E-state index in [1.54, 1.807) is 25.3 Å². The summed E-state index contributed by atoms with van der Waals surface area (Å²) in [5.41, 5.74) is 0.768. The Kier molecular flexibility index (Phi) is 9.90. The van der Waals surface area contributed by atoms with Crippen LogP contribution in [0.15, 0.2) is 24.3 Å². The summed E-state index contributed by atoms with van der Waals surface area (Å²) >= 11 is 2.48. The molecule has 4 aromatic heterocycles. The van der Waals surface area contributed by atoms with E-state index < -0.39 is 11.6 Å². The molecule has 0 aliphatic heterocycles. The average Bonchev–Trinajstić information content (AvgIpc) is 3.45. The Labute approximate surface area is 227 Å². The highest BCUT2D eigenvalue weighted by Crippen LogP contribution is 2.35. The van der Waals surface area contributed by atoms with E-state index in [1.807, 2.05) is 20.8 Å². The van der Waals surface area contributed by atoms with E-state index in [0.717, 1.165) is 20.7 Å². The first-order valence-corrected chi connectivity index (χ1v) is 12.1. The third kappa shape index (κ3) is 7.12. The molecule has 0 aliphatic rings. The predicted octanol–water partition coefficient (Wildman–Crippen LogP) is 5.70. The van der Waals surface area contributed by atoms with Gasteiger partial charge in [0.15, 0.2) is 11.5 Å². The Bertz CT molecular complexity index is 1330. The highest BCUT2D eigenvalue weighted by atomic mass is 35.5. The minimum atomic E-state index is -0.957. The Hall–Kier alpha value is -3.35. The molecule has 10 nitrogen and oxygen atoms in total. The quantitative estimate of drug-likeness (QED) is 0.288. The van der Waals surface area contributed by atoms with Crippen molar-refractivity contribution in [3.63, 3.8) is 0 Å². The van der Waals surface area contributed by atoms with Crippen LogP contribution in [-0.4, -0.2) is 61.1 Å². The number of ether oxygens (including phenoxy) is 5. The van der Waals surface area contributed by atoms with Crippen LogP contribution in [0.3, 0.4) is 0 Å². The maximum atomic E-state index is 12.0. The molecule has 200 valence electrons. The van der Waals surface area contributed by atoms with Gasteiger partial charge in [-0.05, 0) is 32.9 Å². The summed E-state index contributed by atoms with van der Waals surface area (Å²) in [6, 6.07) is 6.75. The first-order valence-electron chi connectivity index (χ1n) is 10.5. The van der Waals surface area contributed by atoms with E-state index in [2.05, 4.69) is 9.97 Å². The van der Waals surface area contributed by atoms with Crippen molar-refractivity contribution in [2.24, 2.45) is 0 Å². The van der Waals surface area contributed by atoms with Crippen molar-refractivity contribution >= 4 is 67.5 Å². The van der Waals surface area contributed by atoms with E-state index in [9.17, 15) is 9.59 Å². The molecule has 0 saturated heterocycles. The molecule has 0 aliphatic carbocycles. The number of hydrogen-bond acceptors (Lipinski definition) is 11. The Morgan fingerprint density at radius 2 is 1.19 bits per heavy atom. The van der Waals surface area contributed by atoms with Crippen LogP contribution < -0.4 is 18.9 Å². The maximum absolute atomic E-state index is 12.0. The smallest absolute Gasteiger partial charge is 0.348 e. The third-order valence-electron chi connectivity index (χ3n) is 4.51. The number of carbonyl (C=O) groups excluding carboxylic acids is 1. The molecule has 0 fully saturated rings. The molecule has 37 heavy (non-hydrogen) atoms. The summed E-state index contributed by atoms with van der Waals surface area (Å²) < 4.78 is 27.4. The summed E-state index contributed by atoms with van der Waals surface area (Å²) in [4.78, 5) is 32.1. The van der Waals surface area contributed by atoms with E-state index >= 15 is 0 Å². The maximum Gasteiger partial charge on any atom is 0.348 e.